The normalized spacial score (nSPS) is 39.1. The zero-order chi connectivity index (χ0) is 20.4. The van der Waals surface area contributed by atoms with Gasteiger partial charge in [-0.25, -0.2) is 0 Å². The smallest absolute Gasteiger partial charge is 0.427 e. The Bertz CT molecular complexity index is 555. The van der Waals surface area contributed by atoms with Crippen molar-refractivity contribution in [1.82, 2.24) is 10.2 Å². The number of amides is 1. The van der Waals surface area contributed by atoms with E-state index in [1.165, 1.54) is 25.7 Å². The molecule has 6 atom stereocenters. The third-order valence-corrected chi connectivity index (χ3v) is 8.73. The molecule has 0 spiro atoms. The standard InChI is InChI=1S/C22H40BN3O3/c24-14-15-3-1-4-17(13-15)16-8-11-26(12-9-16)22(27)19-6-2-5-18-20(23(28)29)7-10-25-21(18)19/h15-21,25,28-29H,1-14,24H2. The molecule has 2 saturated carbocycles. The first kappa shape index (κ1) is 21.6. The van der Waals surface area contributed by atoms with Crippen molar-refractivity contribution in [3.63, 3.8) is 0 Å². The molecule has 7 heteroatoms. The van der Waals surface area contributed by atoms with Crippen molar-refractivity contribution in [2.45, 2.75) is 76.1 Å². The van der Waals surface area contributed by atoms with Gasteiger partial charge in [0, 0.05) is 19.1 Å². The maximum Gasteiger partial charge on any atom is 0.455 e. The van der Waals surface area contributed by atoms with Gasteiger partial charge in [-0.05, 0) is 87.5 Å². The van der Waals surface area contributed by atoms with Gasteiger partial charge in [-0.3, -0.25) is 4.79 Å². The van der Waals surface area contributed by atoms with Gasteiger partial charge in [0.2, 0.25) is 5.91 Å². The molecule has 1 amide bonds. The molecule has 4 fully saturated rings. The van der Waals surface area contributed by atoms with Crippen LogP contribution in [0.1, 0.15) is 64.2 Å². The fourth-order valence-corrected chi connectivity index (χ4v) is 7.08. The Labute approximate surface area is 176 Å². The summed E-state index contributed by atoms with van der Waals surface area (Å²) in [6, 6.07) is 0.109. The zero-order valence-corrected chi connectivity index (χ0v) is 17.8. The minimum absolute atomic E-state index is 0.00292. The second-order valence-corrected chi connectivity index (χ2v) is 10.2. The number of nitrogens with two attached hydrogens (primary N) is 1. The quantitative estimate of drug-likeness (QED) is 0.533. The van der Waals surface area contributed by atoms with Crippen LogP contribution in [-0.4, -0.2) is 60.2 Å². The summed E-state index contributed by atoms with van der Waals surface area (Å²) in [5.41, 5.74) is 5.93. The lowest BCUT2D eigenvalue weighted by molar-refractivity contribution is -0.140. The Hall–Kier alpha value is -0.625. The molecule has 4 rings (SSSR count). The molecule has 4 aliphatic rings. The van der Waals surface area contributed by atoms with Crippen LogP contribution in [0.3, 0.4) is 0 Å². The summed E-state index contributed by atoms with van der Waals surface area (Å²) >= 11 is 0. The number of fused-ring (bicyclic) bond motifs is 1. The van der Waals surface area contributed by atoms with Crippen LogP contribution in [0.5, 0.6) is 0 Å². The molecule has 0 aromatic heterocycles. The number of carbonyl (C=O) groups is 1. The van der Waals surface area contributed by atoms with E-state index in [0.29, 0.717) is 11.8 Å². The van der Waals surface area contributed by atoms with E-state index in [4.69, 9.17) is 5.73 Å². The van der Waals surface area contributed by atoms with E-state index in [1.807, 2.05) is 0 Å². The third-order valence-electron chi connectivity index (χ3n) is 8.73. The summed E-state index contributed by atoms with van der Waals surface area (Å²) in [4.78, 5) is 15.5. The molecule has 6 unspecified atom stereocenters. The van der Waals surface area contributed by atoms with Crippen molar-refractivity contribution in [3.05, 3.63) is 0 Å². The number of carbonyl (C=O) groups excluding carboxylic acids is 1. The number of nitrogens with one attached hydrogen (secondary N) is 1. The van der Waals surface area contributed by atoms with E-state index in [0.717, 1.165) is 76.5 Å². The number of rotatable bonds is 4. The summed E-state index contributed by atoms with van der Waals surface area (Å²) in [7, 11) is -1.26. The molecule has 5 N–H and O–H groups in total. The summed E-state index contributed by atoms with van der Waals surface area (Å²) < 4.78 is 0. The monoisotopic (exact) mass is 405 g/mol. The van der Waals surface area contributed by atoms with E-state index < -0.39 is 7.12 Å². The topological polar surface area (TPSA) is 98.8 Å². The number of nitrogens with zero attached hydrogens (tertiary/aromatic N) is 1. The number of hydrogen-bond donors (Lipinski definition) is 4. The predicted octanol–water partition coefficient (Wildman–Crippen LogP) is 1.61. The summed E-state index contributed by atoms with van der Waals surface area (Å²) in [5.74, 6) is 2.70. The molecule has 0 aromatic carbocycles. The van der Waals surface area contributed by atoms with Crippen molar-refractivity contribution < 1.29 is 14.8 Å². The molecule has 2 saturated heterocycles. The maximum absolute atomic E-state index is 13.4. The molecular formula is C22H40BN3O3. The van der Waals surface area contributed by atoms with Crippen molar-refractivity contribution in [1.29, 1.82) is 0 Å². The molecule has 6 nitrogen and oxygen atoms in total. The molecule has 0 bridgehead atoms. The summed E-state index contributed by atoms with van der Waals surface area (Å²) in [6.45, 7) is 3.40. The van der Waals surface area contributed by atoms with E-state index in [2.05, 4.69) is 10.2 Å². The fraction of sp³-hybridized carbons (Fsp3) is 0.955. The molecule has 2 aliphatic heterocycles. The van der Waals surface area contributed by atoms with Gasteiger partial charge in [0.1, 0.15) is 0 Å². The molecule has 2 aliphatic carbocycles. The number of likely N-dealkylation sites (tertiary alicyclic amines) is 1. The first-order valence-electron chi connectivity index (χ1n) is 12.2. The molecule has 29 heavy (non-hydrogen) atoms. The summed E-state index contributed by atoms with van der Waals surface area (Å²) in [6.07, 6.45) is 11.3. The Balaban J connectivity index is 1.33. The first-order valence-corrected chi connectivity index (χ1v) is 12.2. The number of hydrogen-bond acceptors (Lipinski definition) is 5. The Kier molecular flexibility index (Phi) is 7.20. The van der Waals surface area contributed by atoms with E-state index in [1.54, 1.807) is 0 Å². The molecule has 0 aromatic rings. The van der Waals surface area contributed by atoms with Gasteiger partial charge in [-0.1, -0.05) is 19.3 Å². The first-order chi connectivity index (χ1) is 14.1. The van der Waals surface area contributed by atoms with E-state index in [9.17, 15) is 14.8 Å². The van der Waals surface area contributed by atoms with Crippen LogP contribution in [0.4, 0.5) is 0 Å². The van der Waals surface area contributed by atoms with Crippen molar-refractivity contribution >= 4 is 13.0 Å². The van der Waals surface area contributed by atoms with Gasteiger partial charge in [0.25, 0.3) is 0 Å². The van der Waals surface area contributed by atoms with Crippen molar-refractivity contribution in [3.8, 4) is 0 Å². The highest BCUT2D eigenvalue weighted by Crippen LogP contribution is 2.43. The van der Waals surface area contributed by atoms with Gasteiger partial charge in [0.05, 0.1) is 5.92 Å². The van der Waals surface area contributed by atoms with Gasteiger partial charge < -0.3 is 26.0 Å². The second-order valence-electron chi connectivity index (χ2n) is 10.2. The molecule has 2 heterocycles. The van der Waals surface area contributed by atoms with Crippen LogP contribution in [-0.2, 0) is 4.79 Å². The second kappa shape index (κ2) is 9.67. The Morgan fingerprint density at radius 3 is 2.48 bits per heavy atom. The van der Waals surface area contributed by atoms with Crippen LogP contribution in [0, 0.1) is 29.6 Å². The fourth-order valence-electron chi connectivity index (χ4n) is 7.08. The zero-order valence-electron chi connectivity index (χ0n) is 17.8. The highest BCUT2D eigenvalue weighted by molar-refractivity contribution is 6.43. The van der Waals surface area contributed by atoms with Crippen LogP contribution in [0.25, 0.3) is 0 Å². The molecule has 0 radical (unpaired) electrons. The van der Waals surface area contributed by atoms with Gasteiger partial charge in [-0.15, -0.1) is 0 Å². The highest BCUT2D eigenvalue weighted by atomic mass is 16.4. The SMILES string of the molecule is NCC1CCCC(C2CCN(C(=O)C3CCCC4C(B(O)O)CCNC34)CC2)C1. The average Bonchev–Trinajstić information content (AvgIpc) is 2.77. The van der Waals surface area contributed by atoms with Gasteiger partial charge in [-0.2, -0.15) is 0 Å². The van der Waals surface area contributed by atoms with Crippen LogP contribution < -0.4 is 11.1 Å². The lowest BCUT2D eigenvalue weighted by Gasteiger charge is -2.47. The largest absolute Gasteiger partial charge is 0.455 e. The third kappa shape index (κ3) is 4.68. The van der Waals surface area contributed by atoms with Crippen LogP contribution in [0.2, 0.25) is 5.82 Å². The number of piperidine rings is 2. The Morgan fingerprint density at radius 2 is 1.76 bits per heavy atom. The maximum atomic E-state index is 13.4. The Morgan fingerprint density at radius 1 is 1.00 bits per heavy atom. The van der Waals surface area contributed by atoms with Gasteiger partial charge in [0.15, 0.2) is 0 Å². The predicted molar refractivity (Wildman–Crippen MR) is 115 cm³/mol. The van der Waals surface area contributed by atoms with Crippen LogP contribution >= 0.6 is 0 Å². The van der Waals surface area contributed by atoms with Gasteiger partial charge >= 0.3 is 7.12 Å². The van der Waals surface area contributed by atoms with E-state index in [-0.39, 0.29) is 23.7 Å². The highest BCUT2D eigenvalue weighted by Gasteiger charge is 2.47. The average molecular weight is 405 g/mol. The van der Waals surface area contributed by atoms with Crippen molar-refractivity contribution in [2.75, 3.05) is 26.2 Å². The van der Waals surface area contributed by atoms with Crippen molar-refractivity contribution in [2.24, 2.45) is 35.3 Å². The minimum Gasteiger partial charge on any atom is -0.427 e. The lowest BCUT2D eigenvalue weighted by atomic mass is 9.56. The molecular weight excluding hydrogens is 365 g/mol. The lowest BCUT2D eigenvalue weighted by Crippen LogP contribution is -2.57. The molecule has 164 valence electrons. The van der Waals surface area contributed by atoms with E-state index >= 15 is 0 Å². The minimum atomic E-state index is -1.26. The summed E-state index contributed by atoms with van der Waals surface area (Å²) in [5, 5.41) is 23.2. The van der Waals surface area contributed by atoms with Crippen LogP contribution in [0.15, 0.2) is 0 Å².